The van der Waals surface area contributed by atoms with Gasteiger partial charge in [-0.2, -0.15) is 0 Å². The highest BCUT2D eigenvalue weighted by molar-refractivity contribution is 6.23. The highest BCUT2D eigenvalue weighted by Crippen LogP contribution is 2.30. The Morgan fingerprint density at radius 3 is 2.70 bits per heavy atom. The summed E-state index contributed by atoms with van der Waals surface area (Å²) in [5, 5.41) is 10.5. The van der Waals surface area contributed by atoms with Crippen LogP contribution in [0.3, 0.4) is 0 Å². The van der Waals surface area contributed by atoms with Gasteiger partial charge in [0, 0.05) is 37.3 Å². The van der Waals surface area contributed by atoms with Gasteiger partial charge in [-0.15, -0.1) is 5.10 Å². The number of carbonyl (C=O) groups is 4. The van der Waals surface area contributed by atoms with E-state index in [1.165, 1.54) is 0 Å². The van der Waals surface area contributed by atoms with Crippen LogP contribution in [0.25, 0.3) is 11.3 Å². The monoisotopic (exact) mass is 445 g/mol. The molecule has 0 bridgehead atoms. The number of rotatable bonds is 5. The van der Waals surface area contributed by atoms with Crippen molar-refractivity contribution in [3.63, 3.8) is 0 Å². The van der Waals surface area contributed by atoms with Crippen LogP contribution in [0.1, 0.15) is 44.9 Å². The van der Waals surface area contributed by atoms with Crippen LogP contribution in [-0.2, 0) is 22.6 Å². The van der Waals surface area contributed by atoms with Gasteiger partial charge in [-0.05, 0) is 25.5 Å². The smallest absolute Gasteiger partial charge is 0.262 e. The molecule has 1 fully saturated rings. The maximum Gasteiger partial charge on any atom is 0.262 e. The average Bonchev–Trinajstić information content (AvgIpc) is 3.36. The fraction of sp³-hybridized carbons (Fsp3) is 0.273. The molecule has 1 atom stereocenters. The second kappa shape index (κ2) is 8.01. The van der Waals surface area contributed by atoms with Gasteiger partial charge in [0.05, 0.1) is 28.7 Å². The average molecular weight is 445 g/mol. The van der Waals surface area contributed by atoms with Crippen LogP contribution in [0, 0.1) is 6.92 Å². The Hall–Kier alpha value is -4.28. The van der Waals surface area contributed by atoms with Gasteiger partial charge < -0.3 is 0 Å². The predicted octanol–water partition coefficient (Wildman–Crippen LogP) is 0.687. The molecule has 1 N–H and O–H groups in total. The Bertz CT molecular complexity index is 1320. The van der Waals surface area contributed by atoms with Gasteiger partial charge in [-0.1, -0.05) is 11.3 Å². The molecule has 2 aliphatic heterocycles. The number of hydrogen-bond donors (Lipinski definition) is 1. The quantitative estimate of drug-likeness (QED) is 0.566. The van der Waals surface area contributed by atoms with Crippen LogP contribution in [0.5, 0.6) is 0 Å². The standard InChI is InChI=1S/C22H19N7O4/c1-12-9-23-10-14(24-12)6-7-28-11-17(26-27-28)13-2-3-15-16(8-13)22(33)29(21(15)32)18-4-5-19(30)25-20(18)31/h2-3,8-11,18H,4-7H2,1H3,(H,25,30,31). The minimum absolute atomic E-state index is 0.0757. The zero-order chi connectivity index (χ0) is 23.1. The van der Waals surface area contributed by atoms with E-state index in [2.05, 4.69) is 25.6 Å². The third-order valence-corrected chi connectivity index (χ3v) is 5.68. The van der Waals surface area contributed by atoms with E-state index in [0.717, 1.165) is 16.3 Å². The normalized spacial score (nSPS) is 18.0. The third kappa shape index (κ3) is 3.77. The Morgan fingerprint density at radius 1 is 1.09 bits per heavy atom. The van der Waals surface area contributed by atoms with Crippen LogP contribution in [-0.4, -0.2) is 59.5 Å². The van der Waals surface area contributed by atoms with Crippen molar-refractivity contribution in [3.05, 3.63) is 59.3 Å². The minimum atomic E-state index is -0.996. The summed E-state index contributed by atoms with van der Waals surface area (Å²) in [6.07, 6.45) is 5.98. The van der Waals surface area contributed by atoms with Gasteiger partial charge in [0.25, 0.3) is 11.8 Å². The summed E-state index contributed by atoms with van der Waals surface area (Å²) in [7, 11) is 0. The largest absolute Gasteiger partial charge is 0.295 e. The van der Waals surface area contributed by atoms with Gasteiger partial charge >= 0.3 is 0 Å². The van der Waals surface area contributed by atoms with E-state index in [4.69, 9.17) is 0 Å². The summed E-state index contributed by atoms with van der Waals surface area (Å²) in [5.74, 6) is -2.15. The summed E-state index contributed by atoms with van der Waals surface area (Å²) in [4.78, 5) is 58.9. The Morgan fingerprint density at radius 2 is 1.91 bits per heavy atom. The zero-order valence-electron chi connectivity index (χ0n) is 17.7. The van der Waals surface area contributed by atoms with Crippen molar-refractivity contribution in [2.45, 2.75) is 38.8 Å². The van der Waals surface area contributed by atoms with Gasteiger partial charge in [0.1, 0.15) is 11.7 Å². The first kappa shape index (κ1) is 20.6. The molecular formula is C22H19N7O4. The highest BCUT2D eigenvalue weighted by atomic mass is 16.2. The van der Waals surface area contributed by atoms with Gasteiger partial charge in [0.15, 0.2) is 0 Å². The first-order chi connectivity index (χ1) is 15.9. The lowest BCUT2D eigenvalue weighted by molar-refractivity contribution is -0.136. The van der Waals surface area contributed by atoms with E-state index in [0.29, 0.717) is 24.2 Å². The molecule has 1 unspecified atom stereocenters. The molecule has 0 aliphatic carbocycles. The molecule has 11 heteroatoms. The molecular weight excluding hydrogens is 426 g/mol. The molecule has 11 nitrogen and oxygen atoms in total. The van der Waals surface area contributed by atoms with Gasteiger partial charge in [-0.25, -0.2) is 0 Å². The second-order valence-corrected chi connectivity index (χ2v) is 7.98. The number of piperidine rings is 1. The van der Waals surface area contributed by atoms with Crippen LogP contribution < -0.4 is 5.32 Å². The lowest BCUT2D eigenvalue weighted by atomic mass is 10.0. The first-order valence-corrected chi connectivity index (χ1v) is 10.4. The lowest BCUT2D eigenvalue weighted by Crippen LogP contribution is -2.54. The maximum atomic E-state index is 13.0. The highest BCUT2D eigenvalue weighted by Gasteiger charge is 2.44. The van der Waals surface area contributed by atoms with Crippen LogP contribution in [0.2, 0.25) is 0 Å². The number of carbonyl (C=O) groups excluding carboxylic acids is 4. The van der Waals surface area contributed by atoms with E-state index in [-0.39, 0.29) is 24.0 Å². The summed E-state index contributed by atoms with van der Waals surface area (Å²) in [6.45, 7) is 2.43. The summed E-state index contributed by atoms with van der Waals surface area (Å²) in [6, 6.07) is 3.84. The number of aromatic nitrogens is 5. The number of imide groups is 2. The van der Waals surface area contributed by atoms with Crippen molar-refractivity contribution >= 4 is 23.6 Å². The molecule has 5 rings (SSSR count). The van der Waals surface area contributed by atoms with Crippen LogP contribution in [0.4, 0.5) is 0 Å². The molecule has 1 saturated heterocycles. The topological polar surface area (TPSA) is 140 Å². The lowest BCUT2D eigenvalue weighted by Gasteiger charge is -2.27. The molecule has 2 aliphatic rings. The predicted molar refractivity (Wildman–Crippen MR) is 113 cm³/mol. The molecule has 3 aromatic rings. The SMILES string of the molecule is Cc1cncc(CCn2cc(-c3ccc4c(c3)C(=O)N(C3CCC(=O)NC3=O)C4=O)nn2)n1. The minimum Gasteiger partial charge on any atom is -0.295 e. The number of hydrogen-bond acceptors (Lipinski definition) is 8. The molecule has 0 saturated carbocycles. The van der Waals surface area contributed by atoms with E-state index in [1.807, 2.05) is 6.92 Å². The molecule has 166 valence electrons. The summed E-state index contributed by atoms with van der Waals surface area (Å²) in [5.41, 5.74) is 3.29. The zero-order valence-corrected chi connectivity index (χ0v) is 17.7. The van der Waals surface area contributed by atoms with E-state index >= 15 is 0 Å². The summed E-state index contributed by atoms with van der Waals surface area (Å²) >= 11 is 0. The molecule has 33 heavy (non-hydrogen) atoms. The van der Waals surface area contributed by atoms with E-state index in [9.17, 15) is 19.2 Å². The number of amides is 4. The Labute approximate surface area is 187 Å². The number of aryl methyl sites for hydroxylation is 3. The molecule has 4 amide bonds. The van der Waals surface area contributed by atoms with Crippen molar-refractivity contribution in [1.82, 2.24) is 35.2 Å². The maximum absolute atomic E-state index is 13.0. The van der Waals surface area contributed by atoms with Crippen molar-refractivity contribution in [2.75, 3.05) is 0 Å². The Kier molecular flexibility index (Phi) is 5.00. The van der Waals surface area contributed by atoms with E-state index < -0.39 is 29.7 Å². The molecule has 0 spiro atoms. The van der Waals surface area contributed by atoms with E-state index in [1.54, 1.807) is 41.5 Å². The number of nitrogens with zero attached hydrogens (tertiary/aromatic N) is 6. The molecule has 4 heterocycles. The first-order valence-electron chi connectivity index (χ1n) is 10.4. The fourth-order valence-corrected chi connectivity index (χ4v) is 4.04. The second-order valence-electron chi connectivity index (χ2n) is 7.98. The van der Waals surface area contributed by atoms with Crippen LogP contribution in [0.15, 0.2) is 36.8 Å². The Balaban J connectivity index is 1.34. The number of fused-ring (bicyclic) bond motifs is 1. The number of nitrogens with one attached hydrogen (secondary N) is 1. The molecule has 0 radical (unpaired) electrons. The summed E-state index contributed by atoms with van der Waals surface area (Å²) < 4.78 is 1.68. The third-order valence-electron chi connectivity index (χ3n) is 5.68. The van der Waals surface area contributed by atoms with Crippen molar-refractivity contribution < 1.29 is 19.2 Å². The van der Waals surface area contributed by atoms with Crippen LogP contribution >= 0.6 is 0 Å². The fourth-order valence-electron chi connectivity index (χ4n) is 4.04. The van der Waals surface area contributed by atoms with Crippen molar-refractivity contribution in [2.24, 2.45) is 0 Å². The van der Waals surface area contributed by atoms with Crippen molar-refractivity contribution in [3.8, 4) is 11.3 Å². The van der Waals surface area contributed by atoms with Gasteiger partial charge in [-0.3, -0.25) is 44.0 Å². The number of benzene rings is 1. The van der Waals surface area contributed by atoms with Gasteiger partial charge in [0.2, 0.25) is 11.8 Å². The molecule has 1 aromatic carbocycles. The molecule has 2 aromatic heterocycles. The van der Waals surface area contributed by atoms with Crippen molar-refractivity contribution in [1.29, 1.82) is 0 Å².